The van der Waals surface area contributed by atoms with E-state index in [0.29, 0.717) is 24.8 Å². The summed E-state index contributed by atoms with van der Waals surface area (Å²) in [5.41, 5.74) is 3.54. The minimum atomic E-state index is -0.465. The molecule has 0 aromatic heterocycles. The topological polar surface area (TPSA) is 37.4 Å². The van der Waals surface area contributed by atoms with Crippen LogP contribution in [-0.4, -0.2) is 35.6 Å². The second-order valence-corrected chi connectivity index (χ2v) is 9.08. The van der Waals surface area contributed by atoms with E-state index in [9.17, 15) is 9.59 Å². The van der Waals surface area contributed by atoms with Gasteiger partial charge in [-0.25, -0.2) is 0 Å². The summed E-state index contributed by atoms with van der Waals surface area (Å²) >= 11 is 0. The van der Waals surface area contributed by atoms with E-state index in [2.05, 4.69) is 45.6 Å². The Kier molecular flexibility index (Phi) is 5.07. The molecule has 2 fully saturated rings. The van der Waals surface area contributed by atoms with Gasteiger partial charge in [0.2, 0.25) is 0 Å². The van der Waals surface area contributed by atoms with Crippen molar-refractivity contribution in [1.29, 1.82) is 0 Å². The molecule has 0 amide bonds. The molecule has 1 heterocycles. The highest BCUT2D eigenvalue weighted by Gasteiger charge is 2.48. The molecule has 0 radical (unpaired) electrons. The summed E-state index contributed by atoms with van der Waals surface area (Å²) in [7, 11) is 0. The largest absolute Gasteiger partial charge is 0.301 e. The van der Waals surface area contributed by atoms with Gasteiger partial charge in [-0.3, -0.25) is 9.59 Å². The molecule has 0 aromatic rings. The molecule has 0 aromatic carbocycles. The van der Waals surface area contributed by atoms with E-state index in [1.54, 1.807) is 0 Å². The Morgan fingerprint density at radius 2 is 1.64 bits per heavy atom. The maximum atomic E-state index is 13.1. The molecule has 2 aliphatic carbocycles. The minimum absolute atomic E-state index is 0.0613. The molecule has 1 aliphatic heterocycles. The van der Waals surface area contributed by atoms with E-state index >= 15 is 0 Å². The summed E-state index contributed by atoms with van der Waals surface area (Å²) in [4.78, 5) is 28.6. The minimum Gasteiger partial charge on any atom is -0.301 e. The van der Waals surface area contributed by atoms with Crippen LogP contribution >= 0.6 is 0 Å². The Morgan fingerprint density at radius 1 is 1.08 bits per heavy atom. The van der Waals surface area contributed by atoms with Crippen LogP contribution in [0.15, 0.2) is 22.8 Å². The van der Waals surface area contributed by atoms with E-state index < -0.39 is 5.92 Å². The summed E-state index contributed by atoms with van der Waals surface area (Å²) in [6.07, 6.45) is 6.31. The highest BCUT2D eigenvalue weighted by Crippen LogP contribution is 2.47. The molecule has 0 N–H and O–H groups in total. The second-order valence-electron chi connectivity index (χ2n) is 9.08. The van der Waals surface area contributed by atoms with Crippen molar-refractivity contribution in [3.8, 4) is 0 Å². The quantitative estimate of drug-likeness (QED) is 0.701. The van der Waals surface area contributed by atoms with Crippen LogP contribution < -0.4 is 0 Å². The zero-order valence-corrected chi connectivity index (χ0v) is 16.5. The van der Waals surface area contributed by atoms with Crippen molar-refractivity contribution in [2.45, 2.75) is 72.8 Å². The number of hydrogen-bond acceptors (Lipinski definition) is 3. The molecule has 1 spiro atoms. The van der Waals surface area contributed by atoms with E-state index in [4.69, 9.17) is 0 Å². The normalized spacial score (nSPS) is 28.9. The lowest BCUT2D eigenvalue weighted by Crippen LogP contribution is -2.49. The summed E-state index contributed by atoms with van der Waals surface area (Å²) in [5.74, 6) is 0.208. The van der Waals surface area contributed by atoms with Gasteiger partial charge in [0.1, 0.15) is 11.6 Å². The average molecular weight is 344 g/mol. The number of carbonyl (C=O) groups is 2. The standard InChI is InChI=1S/C22H33NO2/c1-14(2)23-8-6-22(7-9-23)12-18(24)21(19(25)13-22)20-16(4)10-15(3)11-17(20)5/h10,14,17,21H,6-9,11-13H2,1-5H3. The van der Waals surface area contributed by atoms with Gasteiger partial charge in [0.25, 0.3) is 0 Å². The van der Waals surface area contributed by atoms with Crippen molar-refractivity contribution in [3.63, 3.8) is 0 Å². The van der Waals surface area contributed by atoms with Crippen molar-refractivity contribution in [3.05, 3.63) is 22.8 Å². The number of rotatable bonds is 2. The third-order valence-electron chi connectivity index (χ3n) is 6.72. The molecule has 1 unspecified atom stereocenters. The Morgan fingerprint density at radius 3 is 2.12 bits per heavy atom. The van der Waals surface area contributed by atoms with Gasteiger partial charge < -0.3 is 4.90 Å². The van der Waals surface area contributed by atoms with Crippen molar-refractivity contribution >= 4 is 11.6 Å². The molecule has 3 heteroatoms. The third kappa shape index (κ3) is 3.53. The number of likely N-dealkylation sites (tertiary alicyclic amines) is 1. The second kappa shape index (κ2) is 6.83. The lowest BCUT2D eigenvalue weighted by Gasteiger charge is -2.46. The smallest absolute Gasteiger partial charge is 0.148 e. The predicted octanol–water partition coefficient (Wildman–Crippen LogP) is 4.33. The van der Waals surface area contributed by atoms with Gasteiger partial charge in [-0.05, 0) is 77.0 Å². The first kappa shape index (κ1) is 18.6. The highest BCUT2D eigenvalue weighted by molar-refractivity contribution is 6.08. The number of carbonyl (C=O) groups excluding carboxylic acids is 2. The van der Waals surface area contributed by atoms with E-state index in [-0.39, 0.29) is 17.0 Å². The Bertz CT molecular complexity index is 612. The lowest BCUT2D eigenvalue weighted by atomic mass is 9.61. The van der Waals surface area contributed by atoms with Gasteiger partial charge in [-0.15, -0.1) is 0 Å². The Hall–Kier alpha value is -1.22. The fraction of sp³-hybridized carbons (Fsp3) is 0.727. The predicted molar refractivity (Wildman–Crippen MR) is 101 cm³/mol. The monoisotopic (exact) mass is 343 g/mol. The van der Waals surface area contributed by atoms with Crippen molar-refractivity contribution in [2.24, 2.45) is 17.3 Å². The van der Waals surface area contributed by atoms with Crippen LogP contribution in [0.2, 0.25) is 0 Å². The molecule has 1 saturated carbocycles. The molecule has 0 bridgehead atoms. The Balaban J connectivity index is 1.79. The van der Waals surface area contributed by atoms with Crippen LogP contribution in [0, 0.1) is 17.3 Å². The number of allylic oxidation sites excluding steroid dienone is 4. The van der Waals surface area contributed by atoms with Gasteiger partial charge >= 0.3 is 0 Å². The van der Waals surface area contributed by atoms with Crippen molar-refractivity contribution in [2.75, 3.05) is 13.1 Å². The number of Topliss-reactive ketones (excluding diaryl/α,β-unsaturated/α-hetero) is 2. The lowest BCUT2D eigenvalue weighted by molar-refractivity contribution is -0.140. The summed E-state index contributed by atoms with van der Waals surface area (Å²) in [6.45, 7) is 12.9. The molecule has 3 aliphatic rings. The highest BCUT2D eigenvalue weighted by atomic mass is 16.2. The van der Waals surface area contributed by atoms with Gasteiger partial charge in [0.05, 0.1) is 5.92 Å². The maximum absolute atomic E-state index is 13.1. The molecule has 1 atom stereocenters. The number of ketones is 2. The van der Waals surface area contributed by atoms with E-state index in [1.807, 2.05) is 0 Å². The maximum Gasteiger partial charge on any atom is 0.148 e. The van der Waals surface area contributed by atoms with Gasteiger partial charge in [0.15, 0.2) is 0 Å². The van der Waals surface area contributed by atoms with Gasteiger partial charge in [-0.1, -0.05) is 24.1 Å². The van der Waals surface area contributed by atoms with Crippen LogP contribution in [0.25, 0.3) is 0 Å². The van der Waals surface area contributed by atoms with Crippen LogP contribution in [0.1, 0.15) is 66.7 Å². The fourth-order valence-corrected chi connectivity index (χ4v) is 5.41. The first-order chi connectivity index (χ1) is 11.7. The van der Waals surface area contributed by atoms with Gasteiger partial charge in [0, 0.05) is 18.9 Å². The summed E-state index contributed by atoms with van der Waals surface area (Å²) in [6, 6.07) is 0.547. The number of hydrogen-bond donors (Lipinski definition) is 0. The number of nitrogens with zero attached hydrogens (tertiary/aromatic N) is 1. The van der Waals surface area contributed by atoms with Crippen molar-refractivity contribution < 1.29 is 9.59 Å². The summed E-state index contributed by atoms with van der Waals surface area (Å²) < 4.78 is 0. The molecular formula is C22H33NO2. The molecule has 1 saturated heterocycles. The zero-order chi connectivity index (χ0) is 18.4. The van der Waals surface area contributed by atoms with Crippen LogP contribution in [0.3, 0.4) is 0 Å². The van der Waals surface area contributed by atoms with E-state index in [1.165, 1.54) is 5.57 Å². The van der Waals surface area contributed by atoms with Crippen LogP contribution in [0.4, 0.5) is 0 Å². The molecule has 138 valence electrons. The van der Waals surface area contributed by atoms with Crippen LogP contribution in [0.5, 0.6) is 0 Å². The fourth-order valence-electron chi connectivity index (χ4n) is 5.41. The number of piperidine rings is 1. The summed E-state index contributed by atoms with van der Waals surface area (Å²) in [5, 5.41) is 0. The average Bonchev–Trinajstić information content (AvgIpc) is 2.49. The SMILES string of the molecule is CC1=CC(C)=C(C2C(=O)CC3(CCN(C(C)C)CC3)CC2=O)C(C)C1. The first-order valence-corrected chi connectivity index (χ1v) is 9.90. The molecular weight excluding hydrogens is 310 g/mol. The third-order valence-corrected chi connectivity index (χ3v) is 6.72. The molecule has 3 nitrogen and oxygen atoms in total. The van der Waals surface area contributed by atoms with E-state index in [0.717, 1.165) is 43.5 Å². The zero-order valence-electron chi connectivity index (χ0n) is 16.5. The molecule has 25 heavy (non-hydrogen) atoms. The van der Waals surface area contributed by atoms with Crippen molar-refractivity contribution in [1.82, 2.24) is 4.90 Å². The van der Waals surface area contributed by atoms with Crippen LogP contribution in [-0.2, 0) is 9.59 Å². The van der Waals surface area contributed by atoms with Gasteiger partial charge in [-0.2, -0.15) is 0 Å². The first-order valence-electron chi connectivity index (χ1n) is 9.90. The molecule has 3 rings (SSSR count). The Labute approximate surface area is 152 Å².